The van der Waals surface area contributed by atoms with Crippen LogP contribution in [0, 0.1) is 22.1 Å². The number of anilines is 3. The van der Waals surface area contributed by atoms with Crippen LogP contribution in [0.3, 0.4) is 0 Å². The van der Waals surface area contributed by atoms with Crippen molar-refractivity contribution in [2.75, 3.05) is 11.1 Å². The van der Waals surface area contributed by atoms with Crippen LogP contribution in [0.4, 0.5) is 25.8 Å². The average Bonchev–Trinajstić information content (AvgIpc) is 2.29. The molecule has 3 N–H and O–H groups in total. The van der Waals surface area contributed by atoms with Crippen LogP contribution in [0.25, 0.3) is 0 Å². The fourth-order valence-electron chi connectivity index (χ4n) is 1.54. The van der Waals surface area contributed by atoms with Crippen LogP contribution in [-0.2, 0) is 0 Å². The molecular formula is C13H11F2IN2. The first-order valence-electron chi connectivity index (χ1n) is 5.25. The van der Waals surface area contributed by atoms with Gasteiger partial charge in [0.25, 0.3) is 0 Å². The standard InChI is InChI=1S/C13H11F2IN2/c1-7-2-3-12(9(15)4-7)18-13-5-8(14)10(16)6-11(13)17/h2-6,18H,17H2,1H3. The van der Waals surface area contributed by atoms with Crippen molar-refractivity contribution in [2.45, 2.75) is 6.92 Å². The third-order valence-corrected chi connectivity index (χ3v) is 3.31. The lowest BCUT2D eigenvalue weighted by Crippen LogP contribution is -2.00. The Labute approximate surface area is 117 Å². The lowest BCUT2D eigenvalue weighted by atomic mass is 10.2. The fraction of sp³-hybridized carbons (Fsp3) is 0.0769. The van der Waals surface area contributed by atoms with Gasteiger partial charge < -0.3 is 11.1 Å². The quantitative estimate of drug-likeness (QED) is 0.622. The molecule has 5 heteroatoms. The van der Waals surface area contributed by atoms with Gasteiger partial charge in [0.15, 0.2) is 0 Å². The highest BCUT2D eigenvalue weighted by Gasteiger charge is 2.08. The average molecular weight is 360 g/mol. The van der Waals surface area contributed by atoms with Crippen LogP contribution in [-0.4, -0.2) is 0 Å². The Hall–Kier alpha value is -1.37. The van der Waals surface area contributed by atoms with Gasteiger partial charge in [-0.2, -0.15) is 0 Å². The Morgan fingerprint density at radius 2 is 1.78 bits per heavy atom. The summed E-state index contributed by atoms with van der Waals surface area (Å²) < 4.78 is 27.5. The highest BCUT2D eigenvalue weighted by molar-refractivity contribution is 14.1. The predicted octanol–water partition coefficient (Wildman–Crippen LogP) is 4.20. The summed E-state index contributed by atoms with van der Waals surface area (Å²) in [5.41, 5.74) is 7.58. The number of halogens is 3. The van der Waals surface area contributed by atoms with Crippen molar-refractivity contribution in [1.82, 2.24) is 0 Å². The lowest BCUT2D eigenvalue weighted by molar-refractivity contribution is 0.620. The van der Waals surface area contributed by atoms with Crippen LogP contribution in [0.2, 0.25) is 0 Å². The lowest BCUT2D eigenvalue weighted by Gasteiger charge is -2.11. The molecule has 2 rings (SSSR count). The van der Waals surface area contributed by atoms with E-state index in [0.717, 1.165) is 5.56 Å². The van der Waals surface area contributed by atoms with Crippen LogP contribution in [0.1, 0.15) is 5.56 Å². The zero-order chi connectivity index (χ0) is 13.3. The molecule has 0 saturated heterocycles. The maximum Gasteiger partial charge on any atom is 0.146 e. The van der Waals surface area contributed by atoms with Crippen molar-refractivity contribution in [2.24, 2.45) is 0 Å². The number of hydrogen-bond donors (Lipinski definition) is 2. The summed E-state index contributed by atoms with van der Waals surface area (Å²) in [5, 5.41) is 2.79. The van der Waals surface area contributed by atoms with E-state index in [4.69, 9.17) is 5.73 Å². The zero-order valence-corrected chi connectivity index (χ0v) is 11.8. The number of benzene rings is 2. The number of aryl methyl sites for hydroxylation is 1. The second-order valence-corrected chi connectivity index (χ2v) is 5.12. The largest absolute Gasteiger partial charge is 0.397 e. The minimum absolute atomic E-state index is 0.271. The first kappa shape index (κ1) is 13.1. The molecule has 0 atom stereocenters. The van der Waals surface area contributed by atoms with Crippen molar-refractivity contribution in [3.63, 3.8) is 0 Å². The minimum atomic E-state index is -0.395. The first-order valence-corrected chi connectivity index (χ1v) is 6.33. The van der Waals surface area contributed by atoms with Crippen LogP contribution in [0.5, 0.6) is 0 Å². The van der Waals surface area contributed by atoms with E-state index in [1.54, 1.807) is 19.1 Å². The van der Waals surface area contributed by atoms with E-state index in [2.05, 4.69) is 5.32 Å². The van der Waals surface area contributed by atoms with Crippen molar-refractivity contribution in [3.05, 3.63) is 51.1 Å². The van der Waals surface area contributed by atoms with Gasteiger partial charge in [0.1, 0.15) is 11.6 Å². The van der Waals surface area contributed by atoms with Gasteiger partial charge in [-0.1, -0.05) is 6.07 Å². The molecule has 2 aromatic rings. The Bertz CT molecular complexity index is 600. The van der Waals surface area contributed by atoms with Gasteiger partial charge in [-0.3, -0.25) is 0 Å². The maximum absolute atomic E-state index is 13.6. The van der Waals surface area contributed by atoms with Crippen molar-refractivity contribution in [3.8, 4) is 0 Å². The van der Waals surface area contributed by atoms with Gasteiger partial charge >= 0.3 is 0 Å². The molecule has 0 spiro atoms. The Balaban J connectivity index is 2.37. The Morgan fingerprint density at radius 1 is 1.06 bits per heavy atom. The summed E-state index contributed by atoms with van der Waals surface area (Å²) in [7, 11) is 0. The fourth-order valence-corrected chi connectivity index (χ4v) is 2.03. The molecule has 18 heavy (non-hydrogen) atoms. The summed E-state index contributed by atoms with van der Waals surface area (Å²) >= 11 is 1.85. The molecule has 2 nitrogen and oxygen atoms in total. The SMILES string of the molecule is Cc1ccc(Nc2cc(F)c(I)cc2N)c(F)c1. The second kappa shape index (κ2) is 5.09. The Kier molecular flexibility index (Phi) is 3.70. The van der Waals surface area contributed by atoms with E-state index < -0.39 is 5.82 Å². The van der Waals surface area contributed by atoms with Crippen molar-refractivity contribution in [1.29, 1.82) is 0 Å². The summed E-state index contributed by atoms with van der Waals surface area (Å²) in [5.74, 6) is -0.784. The van der Waals surface area contributed by atoms with Gasteiger partial charge in [-0.25, -0.2) is 8.78 Å². The van der Waals surface area contributed by atoms with Gasteiger partial charge in [0.05, 0.1) is 20.6 Å². The van der Waals surface area contributed by atoms with E-state index in [1.165, 1.54) is 18.2 Å². The van der Waals surface area contributed by atoms with E-state index >= 15 is 0 Å². The summed E-state index contributed by atoms with van der Waals surface area (Å²) in [6.45, 7) is 1.80. The summed E-state index contributed by atoms with van der Waals surface area (Å²) in [6.07, 6.45) is 0. The highest BCUT2D eigenvalue weighted by Crippen LogP contribution is 2.28. The molecule has 0 unspecified atom stereocenters. The molecule has 0 aromatic heterocycles. The minimum Gasteiger partial charge on any atom is -0.397 e. The molecule has 0 heterocycles. The molecule has 0 fully saturated rings. The topological polar surface area (TPSA) is 38.0 Å². The number of nitrogens with one attached hydrogen (secondary N) is 1. The van der Waals surface area contributed by atoms with Gasteiger partial charge in [0, 0.05) is 6.07 Å². The maximum atomic E-state index is 13.6. The Morgan fingerprint density at radius 3 is 2.44 bits per heavy atom. The third kappa shape index (κ3) is 2.72. The van der Waals surface area contributed by atoms with Crippen LogP contribution >= 0.6 is 22.6 Å². The van der Waals surface area contributed by atoms with Crippen LogP contribution in [0.15, 0.2) is 30.3 Å². The molecule has 0 aliphatic rings. The van der Waals surface area contributed by atoms with Gasteiger partial charge in [0.2, 0.25) is 0 Å². The number of rotatable bonds is 2. The van der Waals surface area contributed by atoms with E-state index in [9.17, 15) is 8.78 Å². The molecule has 94 valence electrons. The summed E-state index contributed by atoms with van der Waals surface area (Å²) in [4.78, 5) is 0. The van der Waals surface area contributed by atoms with Gasteiger partial charge in [-0.05, 0) is 53.3 Å². The zero-order valence-electron chi connectivity index (χ0n) is 9.60. The van der Waals surface area contributed by atoms with E-state index in [-0.39, 0.29) is 11.5 Å². The normalized spacial score (nSPS) is 10.4. The number of nitrogens with two attached hydrogens (primary N) is 1. The van der Waals surface area contributed by atoms with Gasteiger partial charge in [-0.15, -0.1) is 0 Å². The molecule has 0 saturated carbocycles. The van der Waals surface area contributed by atoms with Crippen LogP contribution < -0.4 is 11.1 Å². The molecule has 0 radical (unpaired) electrons. The third-order valence-electron chi connectivity index (χ3n) is 2.49. The molecule has 2 aromatic carbocycles. The highest BCUT2D eigenvalue weighted by atomic mass is 127. The molecule has 0 aliphatic carbocycles. The van der Waals surface area contributed by atoms with E-state index in [1.807, 2.05) is 22.6 Å². The smallest absolute Gasteiger partial charge is 0.146 e. The van der Waals surface area contributed by atoms with Crippen molar-refractivity contribution >= 4 is 39.7 Å². The first-order chi connectivity index (χ1) is 8.47. The van der Waals surface area contributed by atoms with Crippen molar-refractivity contribution < 1.29 is 8.78 Å². The predicted molar refractivity (Wildman–Crippen MR) is 77.9 cm³/mol. The monoisotopic (exact) mass is 360 g/mol. The molecule has 0 aliphatic heterocycles. The second-order valence-electron chi connectivity index (χ2n) is 3.96. The molecule has 0 bridgehead atoms. The van der Waals surface area contributed by atoms with E-state index in [0.29, 0.717) is 14.9 Å². The summed E-state index contributed by atoms with van der Waals surface area (Å²) in [6, 6.07) is 7.53. The number of hydrogen-bond acceptors (Lipinski definition) is 2. The molecule has 0 amide bonds. The molecular weight excluding hydrogens is 349 g/mol. The number of nitrogen functional groups attached to an aromatic ring is 1.